The fraction of sp³-hybridized carbons (Fsp3) is 0.143. The lowest BCUT2D eigenvalue weighted by molar-refractivity contribution is -0.387. The highest BCUT2D eigenvalue weighted by atomic mass is 16.6. The van der Waals surface area contributed by atoms with E-state index < -0.39 is 44.2 Å². The summed E-state index contributed by atoms with van der Waals surface area (Å²) < 4.78 is 0. The number of para-hydroxylation sites is 2. The van der Waals surface area contributed by atoms with Gasteiger partial charge in [0.25, 0.3) is 0 Å². The van der Waals surface area contributed by atoms with E-state index in [9.17, 15) is 20.2 Å². The van der Waals surface area contributed by atoms with Crippen molar-refractivity contribution in [1.29, 1.82) is 0 Å². The molecule has 0 atom stereocenters. The van der Waals surface area contributed by atoms with Crippen LogP contribution in [0.15, 0.2) is 134 Å². The van der Waals surface area contributed by atoms with E-state index in [1.807, 2.05) is 88.9 Å². The first-order chi connectivity index (χ1) is 27.8. The van der Waals surface area contributed by atoms with Crippen LogP contribution in [0, 0.1) is 47.9 Å². The molecule has 7 rings (SSSR count). The molecule has 58 heavy (non-hydrogen) atoms. The van der Waals surface area contributed by atoms with Crippen LogP contribution in [0.4, 0.5) is 11.4 Å². The summed E-state index contributed by atoms with van der Waals surface area (Å²) in [5, 5.41) is 55.7. The Balaban J connectivity index is 0.000000195. The van der Waals surface area contributed by atoms with Crippen LogP contribution in [0.25, 0.3) is 11.4 Å². The van der Waals surface area contributed by atoms with Crippen LogP contribution in [0.1, 0.15) is 33.9 Å². The lowest BCUT2D eigenvalue weighted by Gasteiger charge is -2.01. The van der Waals surface area contributed by atoms with E-state index in [0.29, 0.717) is 0 Å². The number of pyridine rings is 4. The Morgan fingerprint density at radius 3 is 1.00 bits per heavy atom. The number of nitrogens with zero attached hydrogens (tertiary/aromatic N) is 8. The first-order valence-electron chi connectivity index (χ1n) is 17.5. The standard InChI is InChI=1S/C12H12N2.C10H8N2.C8H12N2.2C6H5NO4/c1(11-3-7-13-8-4-11)2-12-5-9-14-10-6-12;1-3-7-11-9(5-1)10-6-2-4-8-12-10;1-5-6(2)10-8(4)7(3)9-5;2*8-4-2-1-3-5(9)6(4)7(10)11/h3-10H,1-2H2;1-8H;1-4H3;2*1-3,8-9H. The van der Waals surface area contributed by atoms with Crippen LogP contribution < -0.4 is 0 Å². The molecule has 16 heteroatoms. The molecule has 5 heterocycles. The maximum absolute atomic E-state index is 10.1. The summed E-state index contributed by atoms with van der Waals surface area (Å²) in [4.78, 5) is 43.5. The van der Waals surface area contributed by atoms with E-state index in [2.05, 4.69) is 54.2 Å². The molecule has 0 aliphatic carbocycles. The fourth-order valence-corrected chi connectivity index (χ4v) is 4.66. The average Bonchev–Trinajstić information content (AvgIpc) is 3.21. The molecule has 0 saturated heterocycles. The normalized spacial score (nSPS) is 9.72. The topological polar surface area (TPSA) is 245 Å². The van der Waals surface area contributed by atoms with Crippen LogP contribution in [-0.2, 0) is 12.8 Å². The van der Waals surface area contributed by atoms with Crippen LogP contribution in [0.3, 0.4) is 0 Å². The van der Waals surface area contributed by atoms with Crippen molar-refractivity contribution in [2.24, 2.45) is 0 Å². The second kappa shape index (κ2) is 23.1. The highest BCUT2D eigenvalue weighted by Crippen LogP contribution is 2.34. The molecule has 5 aromatic heterocycles. The number of aromatic hydroxyl groups is 4. The Morgan fingerprint density at radius 1 is 0.448 bits per heavy atom. The van der Waals surface area contributed by atoms with Crippen LogP contribution >= 0.6 is 0 Å². The van der Waals surface area contributed by atoms with E-state index in [1.165, 1.54) is 23.3 Å². The van der Waals surface area contributed by atoms with Gasteiger partial charge in [0.1, 0.15) is 0 Å². The summed E-state index contributed by atoms with van der Waals surface area (Å²) in [6, 6.07) is 27.0. The van der Waals surface area contributed by atoms with Crippen molar-refractivity contribution >= 4 is 11.4 Å². The van der Waals surface area contributed by atoms with Gasteiger partial charge in [-0.1, -0.05) is 24.3 Å². The summed E-state index contributed by atoms with van der Waals surface area (Å²) in [6.07, 6.45) is 13.0. The van der Waals surface area contributed by atoms with Crippen LogP contribution in [0.5, 0.6) is 23.0 Å². The lowest BCUT2D eigenvalue weighted by atomic mass is 10.1. The van der Waals surface area contributed by atoms with E-state index in [-0.39, 0.29) is 0 Å². The van der Waals surface area contributed by atoms with Gasteiger partial charge in [-0.3, -0.25) is 50.1 Å². The van der Waals surface area contributed by atoms with Gasteiger partial charge in [-0.2, -0.15) is 0 Å². The van der Waals surface area contributed by atoms with E-state index in [1.54, 1.807) is 12.4 Å². The molecule has 2 aromatic carbocycles. The summed E-state index contributed by atoms with van der Waals surface area (Å²) >= 11 is 0. The molecular weight excluding hydrogens is 745 g/mol. The summed E-state index contributed by atoms with van der Waals surface area (Å²) in [5.41, 5.74) is 7.29. The molecule has 0 aliphatic heterocycles. The molecule has 16 nitrogen and oxygen atoms in total. The van der Waals surface area contributed by atoms with Crippen LogP contribution in [0.2, 0.25) is 0 Å². The third kappa shape index (κ3) is 14.7. The van der Waals surface area contributed by atoms with Gasteiger partial charge in [0, 0.05) is 37.2 Å². The number of aryl methyl sites for hydroxylation is 6. The predicted octanol–water partition coefficient (Wildman–Crippen LogP) is 8.13. The Morgan fingerprint density at radius 2 is 0.759 bits per heavy atom. The number of hydrogen-bond acceptors (Lipinski definition) is 14. The highest BCUT2D eigenvalue weighted by Gasteiger charge is 2.18. The molecule has 0 bridgehead atoms. The molecule has 0 fully saturated rings. The number of phenols is 4. The van der Waals surface area contributed by atoms with Crippen molar-refractivity contribution in [2.45, 2.75) is 40.5 Å². The van der Waals surface area contributed by atoms with Crippen LogP contribution in [-0.4, -0.2) is 60.2 Å². The minimum absolute atomic E-state index is 0.532. The number of aromatic nitrogens is 6. The minimum atomic E-state index is -0.843. The second-order valence-electron chi connectivity index (χ2n) is 12.0. The van der Waals surface area contributed by atoms with Gasteiger partial charge in [0.05, 0.1) is 44.0 Å². The summed E-state index contributed by atoms with van der Waals surface area (Å²) in [5.74, 6) is -2.13. The molecule has 0 spiro atoms. The average molecular weight is 787 g/mol. The van der Waals surface area contributed by atoms with Gasteiger partial charge in [-0.05, 0) is 124 Å². The van der Waals surface area contributed by atoms with Gasteiger partial charge in [0.15, 0.2) is 23.0 Å². The highest BCUT2D eigenvalue weighted by molar-refractivity contribution is 5.56. The Bertz CT molecular complexity index is 2110. The predicted molar refractivity (Wildman–Crippen MR) is 217 cm³/mol. The SMILES string of the molecule is Cc1nc(C)c(C)nc1C.O=[N+]([O-])c1c(O)cccc1O.O=[N+]([O-])c1c(O)cccc1O.c1cc(CCc2ccncc2)ccn1.c1ccc(-c2ccccn2)nc1. The molecule has 298 valence electrons. The monoisotopic (exact) mass is 786 g/mol. The number of rotatable bonds is 6. The third-order valence-electron chi connectivity index (χ3n) is 7.86. The van der Waals surface area contributed by atoms with Crippen molar-refractivity contribution in [2.75, 3.05) is 0 Å². The third-order valence-corrected chi connectivity index (χ3v) is 7.86. The lowest BCUT2D eigenvalue weighted by Crippen LogP contribution is -1.97. The van der Waals surface area contributed by atoms with Gasteiger partial charge in [-0.25, -0.2) is 0 Å². The molecule has 0 saturated carbocycles. The zero-order chi connectivity index (χ0) is 42.5. The Hall–Kier alpha value is -7.88. The zero-order valence-corrected chi connectivity index (χ0v) is 32.1. The van der Waals surface area contributed by atoms with Gasteiger partial charge < -0.3 is 20.4 Å². The van der Waals surface area contributed by atoms with E-state index in [0.717, 1.165) is 71.3 Å². The second-order valence-corrected chi connectivity index (χ2v) is 12.0. The van der Waals surface area contributed by atoms with Crippen molar-refractivity contribution < 1.29 is 30.3 Å². The number of nitro benzene ring substituents is 2. The largest absolute Gasteiger partial charge is 0.502 e. The van der Waals surface area contributed by atoms with Gasteiger partial charge >= 0.3 is 11.4 Å². The quantitative estimate of drug-likeness (QED) is 0.0918. The molecule has 0 amide bonds. The fourth-order valence-electron chi connectivity index (χ4n) is 4.66. The maximum atomic E-state index is 10.1. The van der Waals surface area contributed by atoms with E-state index in [4.69, 9.17) is 20.4 Å². The summed E-state index contributed by atoms with van der Waals surface area (Å²) in [6.45, 7) is 7.92. The molecule has 7 aromatic rings. The molecule has 4 N–H and O–H groups in total. The summed E-state index contributed by atoms with van der Waals surface area (Å²) in [7, 11) is 0. The smallest absolute Gasteiger partial charge is 0.351 e. The Labute approximate surface area is 334 Å². The number of hydrogen-bond donors (Lipinski definition) is 4. The zero-order valence-electron chi connectivity index (χ0n) is 32.1. The molecular formula is C42H42N8O8. The first kappa shape index (κ1) is 44.5. The van der Waals surface area contributed by atoms with Crippen molar-refractivity contribution in [1.82, 2.24) is 29.9 Å². The van der Waals surface area contributed by atoms with Crippen molar-refractivity contribution in [3.8, 4) is 34.4 Å². The van der Waals surface area contributed by atoms with Crippen molar-refractivity contribution in [3.05, 3.63) is 188 Å². The molecule has 0 unspecified atom stereocenters. The molecule has 0 radical (unpaired) electrons. The maximum Gasteiger partial charge on any atom is 0.351 e. The first-order valence-corrected chi connectivity index (χ1v) is 17.5. The van der Waals surface area contributed by atoms with E-state index >= 15 is 0 Å². The Kier molecular flexibility index (Phi) is 17.8. The van der Waals surface area contributed by atoms with Crippen molar-refractivity contribution in [3.63, 3.8) is 0 Å². The molecule has 0 aliphatic rings. The van der Waals surface area contributed by atoms with Gasteiger partial charge in [0.2, 0.25) is 0 Å². The number of benzene rings is 2. The minimum Gasteiger partial charge on any atom is -0.502 e. The van der Waals surface area contributed by atoms with Gasteiger partial charge in [-0.15, -0.1) is 0 Å². The number of nitro groups is 2. The number of phenolic OH excluding ortho intramolecular Hbond substituents is 4.